The predicted molar refractivity (Wildman–Crippen MR) is 103 cm³/mol. The van der Waals surface area contributed by atoms with Gasteiger partial charge in [-0.1, -0.05) is 30.3 Å². The average Bonchev–Trinajstić information content (AvgIpc) is 2.61. The zero-order valence-electron chi connectivity index (χ0n) is 14.3. The lowest BCUT2D eigenvalue weighted by atomic mass is 10.1. The Morgan fingerprint density at radius 2 is 1.88 bits per heavy atom. The second-order valence-electron chi connectivity index (χ2n) is 5.61. The van der Waals surface area contributed by atoms with E-state index in [1.807, 2.05) is 0 Å². The second-order valence-corrected chi connectivity index (χ2v) is 6.05. The number of carbonyl (C=O) groups is 2. The molecule has 7 heteroatoms. The lowest BCUT2D eigenvalue weighted by Gasteiger charge is -2.08. The van der Waals surface area contributed by atoms with Crippen LogP contribution in [0.4, 0.5) is 5.69 Å². The van der Waals surface area contributed by atoms with Gasteiger partial charge in [-0.05, 0) is 49.7 Å². The minimum absolute atomic E-state index is 0.0246. The van der Waals surface area contributed by atoms with Crippen molar-refractivity contribution in [1.29, 1.82) is 0 Å². The molecule has 0 atom stereocenters. The first-order valence-corrected chi connectivity index (χ1v) is 8.06. The molecule has 0 aliphatic heterocycles. The summed E-state index contributed by atoms with van der Waals surface area (Å²) in [7, 11) is 0. The number of phenols is 1. The topological polar surface area (TPSA) is 90.8 Å². The van der Waals surface area contributed by atoms with E-state index >= 15 is 0 Å². The largest absolute Gasteiger partial charge is 0.507 e. The summed E-state index contributed by atoms with van der Waals surface area (Å²) in [4.78, 5) is 23.8. The van der Waals surface area contributed by atoms with E-state index in [9.17, 15) is 14.7 Å². The highest BCUT2D eigenvalue weighted by molar-refractivity contribution is 6.31. The van der Waals surface area contributed by atoms with Gasteiger partial charge in [-0.2, -0.15) is 5.10 Å². The van der Waals surface area contributed by atoms with Crippen LogP contribution in [0.15, 0.2) is 59.7 Å². The molecular formula is C19H18ClN3O3. The van der Waals surface area contributed by atoms with Crippen molar-refractivity contribution in [2.75, 3.05) is 5.32 Å². The van der Waals surface area contributed by atoms with Crippen molar-refractivity contribution in [1.82, 2.24) is 5.43 Å². The van der Waals surface area contributed by atoms with Crippen LogP contribution in [0, 0.1) is 0 Å². The molecule has 3 N–H and O–H groups in total. The third kappa shape index (κ3) is 4.94. The standard InChI is InChI=1S/C19H18ClN3O3/c1-11(2)18(25)21-15-6-4-5-13(9-15)12(3)22-23-19(26)16-10-14(20)7-8-17(16)24/h4-10,24H,1H2,2-3H3,(H,21,25)(H,23,26)/b22-12-. The number of hydrazone groups is 1. The van der Waals surface area contributed by atoms with Gasteiger partial charge in [-0.25, -0.2) is 5.43 Å². The van der Waals surface area contributed by atoms with Crippen LogP contribution in [-0.4, -0.2) is 22.6 Å². The molecule has 0 heterocycles. The summed E-state index contributed by atoms with van der Waals surface area (Å²) in [6.45, 7) is 6.91. The third-order valence-electron chi connectivity index (χ3n) is 3.45. The number of aromatic hydroxyl groups is 1. The van der Waals surface area contributed by atoms with Crippen molar-refractivity contribution >= 4 is 34.8 Å². The molecule has 0 aromatic heterocycles. The fraction of sp³-hybridized carbons (Fsp3) is 0.105. The Kier molecular flexibility index (Phi) is 6.14. The van der Waals surface area contributed by atoms with Gasteiger partial charge in [0.1, 0.15) is 5.75 Å². The number of rotatable bonds is 5. The van der Waals surface area contributed by atoms with Gasteiger partial charge in [-0.3, -0.25) is 9.59 Å². The fourth-order valence-corrected chi connectivity index (χ4v) is 2.18. The second kappa shape index (κ2) is 8.31. The Labute approximate surface area is 156 Å². The van der Waals surface area contributed by atoms with Gasteiger partial charge in [0.05, 0.1) is 11.3 Å². The summed E-state index contributed by atoms with van der Waals surface area (Å²) < 4.78 is 0. The summed E-state index contributed by atoms with van der Waals surface area (Å²) in [5.41, 5.74) is 4.61. The first-order chi connectivity index (χ1) is 12.3. The average molecular weight is 372 g/mol. The Morgan fingerprint density at radius 1 is 1.15 bits per heavy atom. The molecule has 0 saturated heterocycles. The first-order valence-electron chi connectivity index (χ1n) is 7.68. The maximum absolute atomic E-state index is 12.1. The van der Waals surface area contributed by atoms with Crippen molar-refractivity contribution in [2.24, 2.45) is 5.10 Å². The summed E-state index contributed by atoms with van der Waals surface area (Å²) >= 11 is 5.83. The van der Waals surface area contributed by atoms with Crippen molar-refractivity contribution < 1.29 is 14.7 Å². The monoisotopic (exact) mass is 371 g/mol. The van der Waals surface area contributed by atoms with Crippen LogP contribution in [-0.2, 0) is 4.79 Å². The van der Waals surface area contributed by atoms with E-state index < -0.39 is 5.91 Å². The van der Waals surface area contributed by atoms with Crippen LogP contribution in [0.3, 0.4) is 0 Å². The highest BCUT2D eigenvalue weighted by Gasteiger charge is 2.11. The molecule has 0 fully saturated rings. The lowest BCUT2D eigenvalue weighted by molar-refractivity contribution is -0.112. The van der Waals surface area contributed by atoms with Crippen molar-refractivity contribution in [2.45, 2.75) is 13.8 Å². The maximum Gasteiger partial charge on any atom is 0.275 e. The summed E-state index contributed by atoms with van der Waals surface area (Å²) in [6, 6.07) is 11.2. The zero-order chi connectivity index (χ0) is 19.3. The van der Waals surface area contributed by atoms with Crippen LogP contribution in [0.1, 0.15) is 29.8 Å². The fourth-order valence-electron chi connectivity index (χ4n) is 2.01. The lowest BCUT2D eigenvalue weighted by Crippen LogP contribution is -2.19. The van der Waals surface area contributed by atoms with Crippen LogP contribution in [0.2, 0.25) is 5.02 Å². The van der Waals surface area contributed by atoms with Gasteiger partial charge in [0.2, 0.25) is 0 Å². The molecule has 2 amide bonds. The van der Waals surface area contributed by atoms with Gasteiger partial charge in [0.15, 0.2) is 0 Å². The molecule has 0 radical (unpaired) electrons. The molecule has 134 valence electrons. The maximum atomic E-state index is 12.1. The van der Waals surface area contributed by atoms with Gasteiger partial charge in [0, 0.05) is 16.3 Å². The van der Waals surface area contributed by atoms with Crippen molar-refractivity contribution in [3.05, 3.63) is 70.8 Å². The zero-order valence-corrected chi connectivity index (χ0v) is 15.1. The molecule has 2 rings (SSSR count). The molecule has 6 nitrogen and oxygen atoms in total. The van der Waals surface area contributed by atoms with Gasteiger partial charge < -0.3 is 10.4 Å². The minimum Gasteiger partial charge on any atom is -0.507 e. The summed E-state index contributed by atoms with van der Waals surface area (Å²) in [5, 5.41) is 16.8. The molecule has 2 aromatic carbocycles. The SMILES string of the molecule is C=C(C)C(=O)Nc1cccc(/C(C)=N\NC(=O)c2cc(Cl)ccc2O)c1. The number of carbonyl (C=O) groups excluding carboxylic acids is 2. The molecule has 0 spiro atoms. The highest BCUT2D eigenvalue weighted by atomic mass is 35.5. The summed E-state index contributed by atoms with van der Waals surface area (Å²) in [6.07, 6.45) is 0. The van der Waals surface area contributed by atoms with Crippen LogP contribution in [0.5, 0.6) is 5.75 Å². The molecule has 0 aliphatic rings. The molecule has 0 unspecified atom stereocenters. The number of amides is 2. The van der Waals surface area contributed by atoms with Crippen LogP contribution in [0.25, 0.3) is 0 Å². The van der Waals surface area contributed by atoms with Gasteiger partial charge >= 0.3 is 0 Å². The molecule has 0 aliphatic carbocycles. The number of nitrogens with one attached hydrogen (secondary N) is 2. The van der Waals surface area contributed by atoms with E-state index in [4.69, 9.17) is 11.6 Å². The smallest absolute Gasteiger partial charge is 0.275 e. The Bertz CT molecular complexity index is 907. The summed E-state index contributed by atoms with van der Waals surface area (Å²) in [5.74, 6) is -1.05. The van der Waals surface area contributed by atoms with Crippen molar-refractivity contribution in [3.63, 3.8) is 0 Å². The highest BCUT2D eigenvalue weighted by Crippen LogP contribution is 2.21. The van der Waals surface area contributed by atoms with E-state index in [1.165, 1.54) is 18.2 Å². The molecule has 0 saturated carbocycles. The van der Waals surface area contributed by atoms with Crippen LogP contribution < -0.4 is 10.7 Å². The minimum atomic E-state index is -0.587. The number of benzene rings is 2. The Morgan fingerprint density at radius 3 is 2.58 bits per heavy atom. The molecule has 0 bridgehead atoms. The predicted octanol–water partition coefficient (Wildman–Crippen LogP) is 3.71. The number of phenolic OH excluding ortho intramolecular Hbond substituents is 1. The number of anilines is 1. The molecular weight excluding hydrogens is 354 g/mol. The Hall–Kier alpha value is -3.12. The van der Waals surface area contributed by atoms with E-state index in [0.29, 0.717) is 27.6 Å². The number of hydrogen-bond donors (Lipinski definition) is 3. The normalized spacial score (nSPS) is 11.0. The molecule has 26 heavy (non-hydrogen) atoms. The van der Waals surface area contributed by atoms with Gasteiger partial charge in [-0.15, -0.1) is 0 Å². The van der Waals surface area contributed by atoms with Crippen LogP contribution >= 0.6 is 11.6 Å². The first kappa shape index (κ1) is 19.2. The third-order valence-corrected chi connectivity index (χ3v) is 3.69. The number of halogens is 1. The van der Waals surface area contributed by atoms with Gasteiger partial charge in [0.25, 0.3) is 11.8 Å². The quantitative estimate of drug-likeness (QED) is 0.425. The molecule has 2 aromatic rings. The van der Waals surface area contributed by atoms with Crippen molar-refractivity contribution in [3.8, 4) is 5.75 Å². The van der Waals surface area contributed by atoms with E-state index in [0.717, 1.165) is 0 Å². The Balaban J connectivity index is 2.14. The van der Waals surface area contributed by atoms with E-state index in [1.54, 1.807) is 38.1 Å². The number of hydrogen-bond acceptors (Lipinski definition) is 4. The van der Waals surface area contributed by atoms with E-state index in [-0.39, 0.29) is 17.2 Å². The number of nitrogens with zero attached hydrogens (tertiary/aromatic N) is 1. The van der Waals surface area contributed by atoms with E-state index in [2.05, 4.69) is 22.4 Å².